The molecular weight excluding hydrogens is 350 g/mol. The standard InChI is InChI=1S/C17H12ClNO6/c18-10-2-3-11(13(20)6-10)17(23)25-7-14(21)9-1-4-15-12(5-9)19-16(22)8-24-15/h1-6,20H,7-8H2,(H,19,22). The number of nitrogens with one attached hydrogen (secondary N) is 1. The number of fused-ring (bicyclic) bond motifs is 1. The van der Waals surface area contributed by atoms with Gasteiger partial charge in [-0.1, -0.05) is 11.6 Å². The lowest BCUT2D eigenvalue weighted by molar-refractivity contribution is -0.118. The van der Waals surface area contributed by atoms with Crippen molar-refractivity contribution in [3.05, 3.63) is 52.5 Å². The van der Waals surface area contributed by atoms with E-state index in [4.69, 9.17) is 21.1 Å². The fraction of sp³-hybridized carbons (Fsp3) is 0.118. The molecule has 0 saturated heterocycles. The Kier molecular flexibility index (Phi) is 4.58. The molecule has 2 N–H and O–H groups in total. The molecule has 7 nitrogen and oxygen atoms in total. The Morgan fingerprint density at radius 2 is 2.04 bits per heavy atom. The molecule has 0 aromatic heterocycles. The highest BCUT2D eigenvalue weighted by molar-refractivity contribution is 6.30. The van der Waals surface area contributed by atoms with Crippen molar-refractivity contribution in [1.29, 1.82) is 0 Å². The van der Waals surface area contributed by atoms with E-state index in [1.165, 1.54) is 30.3 Å². The Labute approximate surface area is 147 Å². The topological polar surface area (TPSA) is 102 Å². The van der Waals surface area contributed by atoms with Crippen LogP contribution in [-0.2, 0) is 9.53 Å². The number of aromatic hydroxyl groups is 1. The second kappa shape index (κ2) is 6.82. The van der Waals surface area contributed by atoms with E-state index >= 15 is 0 Å². The number of benzene rings is 2. The molecular formula is C17H12ClNO6. The van der Waals surface area contributed by atoms with Crippen LogP contribution in [0.25, 0.3) is 0 Å². The molecule has 25 heavy (non-hydrogen) atoms. The van der Waals surface area contributed by atoms with Crippen LogP contribution in [0.1, 0.15) is 20.7 Å². The van der Waals surface area contributed by atoms with Gasteiger partial charge >= 0.3 is 5.97 Å². The number of rotatable bonds is 4. The third kappa shape index (κ3) is 3.72. The smallest absolute Gasteiger partial charge is 0.342 e. The summed E-state index contributed by atoms with van der Waals surface area (Å²) in [7, 11) is 0. The zero-order valence-electron chi connectivity index (χ0n) is 12.7. The van der Waals surface area contributed by atoms with Gasteiger partial charge in [0.25, 0.3) is 5.91 Å². The van der Waals surface area contributed by atoms with Crippen LogP contribution in [0.5, 0.6) is 11.5 Å². The van der Waals surface area contributed by atoms with Crippen molar-refractivity contribution in [2.45, 2.75) is 0 Å². The maximum absolute atomic E-state index is 12.2. The van der Waals surface area contributed by atoms with E-state index in [-0.39, 0.29) is 34.4 Å². The van der Waals surface area contributed by atoms with Crippen molar-refractivity contribution in [2.75, 3.05) is 18.5 Å². The van der Waals surface area contributed by atoms with E-state index in [0.29, 0.717) is 11.4 Å². The fourth-order valence-corrected chi connectivity index (χ4v) is 2.39. The number of ketones is 1. The molecule has 1 aliphatic rings. The molecule has 0 saturated carbocycles. The lowest BCUT2D eigenvalue weighted by atomic mass is 10.1. The zero-order valence-corrected chi connectivity index (χ0v) is 13.5. The van der Waals surface area contributed by atoms with Gasteiger partial charge in [0.2, 0.25) is 0 Å². The Morgan fingerprint density at radius 3 is 2.80 bits per heavy atom. The van der Waals surface area contributed by atoms with Gasteiger partial charge in [0.05, 0.1) is 5.69 Å². The zero-order chi connectivity index (χ0) is 18.0. The number of ether oxygens (including phenoxy) is 2. The first-order valence-corrected chi connectivity index (χ1v) is 7.57. The highest BCUT2D eigenvalue weighted by Gasteiger charge is 2.19. The lowest BCUT2D eigenvalue weighted by Crippen LogP contribution is -2.25. The third-order valence-electron chi connectivity index (χ3n) is 3.45. The Balaban J connectivity index is 1.67. The summed E-state index contributed by atoms with van der Waals surface area (Å²) in [6, 6.07) is 8.43. The summed E-state index contributed by atoms with van der Waals surface area (Å²) >= 11 is 5.69. The fourth-order valence-electron chi connectivity index (χ4n) is 2.23. The van der Waals surface area contributed by atoms with Crippen LogP contribution in [0.3, 0.4) is 0 Å². The van der Waals surface area contributed by atoms with Crippen LogP contribution < -0.4 is 10.1 Å². The summed E-state index contributed by atoms with van der Waals surface area (Å²) in [5, 5.41) is 12.5. The summed E-state index contributed by atoms with van der Waals surface area (Å²) in [4.78, 5) is 35.4. The van der Waals surface area contributed by atoms with Gasteiger partial charge in [0.1, 0.15) is 17.1 Å². The van der Waals surface area contributed by atoms with Gasteiger partial charge in [-0.15, -0.1) is 0 Å². The summed E-state index contributed by atoms with van der Waals surface area (Å²) in [6.45, 7) is -0.600. The lowest BCUT2D eigenvalue weighted by Gasteiger charge is -2.18. The van der Waals surface area contributed by atoms with E-state index < -0.39 is 18.4 Å². The molecule has 2 aromatic rings. The average Bonchev–Trinajstić information content (AvgIpc) is 2.58. The van der Waals surface area contributed by atoms with Gasteiger partial charge in [0, 0.05) is 10.6 Å². The minimum Gasteiger partial charge on any atom is -0.507 e. The van der Waals surface area contributed by atoms with Gasteiger partial charge in [-0.2, -0.15) is 0 Å². The van der Waals surface area contributed by atoms with Crippen LogP contribution in [0.2, 0.25) is 5.02 Å². The van der Waals surface area contributed by atoms with Crippen LogP contribution in [-0.4, -0.2) is 36.0 Å². The van der Waals surface area contributed by atoms with Crippen LogP contribution in [0, 0.1) is 0 Å². The van der Waals surface area contributed by atoms with Crippen molar-refractivity contribution >= 4 is 34.9 Å². The third-order valence-corrected chi connectivity index (χ3v) is 3.68. The second-order valence-electron chi connectivity index (χ2n) is 5.21. The van der Waals surface area contributed by atoms with E-state index in [2.05, 4.69) is 5.32 Å². The SMILES string of the molecule is O=C1COc2ccc(C(=O)COC(=O)c3ccc(Cl)cc3O)cc2N1. The number of anilines is 1. The van der Waals surface area contributed by atoms with Crippen LogP contribution in [0.4, 0.5) is 5.69 Å². The van der Waals surface area contributed by atoms with Crippen LogP contribution >= 0.6 is 11.6 Å². The molecule has 0 aliphatic carbocycles. The highest BCUT2D eigenvalue weighted by Crippen LogP contribution is 2.28. The van der Waals surface area contributed by atoms with Crippen molar-refractivity contribution < 1.29 is 29.0 Å². The largest absolute Gasteiger partial charge is 0.507 e. The minimum atomic E-state index is -0.850. The Hall–Kier alpha value is -3.06. The summed E-state index contributed by atoms with van der Waals surface area (Å²) in [5.74, 6) is -1.51. The van der Waals surface area contributed by atoms with E-state index in [1.54, 1.807) is 6.07 Å². The predicted molar refractivity (Wildman–Crippen MR) is 88.3 cm³/mol. The molecule has 1 amide bonds. The molecule has 2 aromatic carbocycles. The van der Waals surface area contributed by atoms with Crippen molar-refractivity contribution in [2.24, 2.45) is 0 Å². The molecule has 0 radical (unpaired) electrons. The first kappa shape index (κ1) is 16.8. The molecule has 1 heterocycles. The number of carbonyl (C=O) groups excluding carboxylic acids is 3. The number of halogens is 1. The average molecular weight is 362 g/mol. The molecule has 0 spiro atoms. The summed E-state index contributed by atoms with van der Waals surface area (Å²) in [6.07, 6.45) is 0. The molecule has 128 valence electrons. The van der Waals surface area contributed by atoms with Gasteiger partial charge in [-0.05, 0) is 36.4 Å². The molecule has 0 fully saturated rings. The van der Waals surface area contributed by atoms with Crippen molar-refractivity contribution in [1.82, 2.24) is 0 Å². The maximum Gasteiger partial charge on any atom is 0.342 e. The van der Waals surface area contributed by atoms with Gasteiger partial charge < -0.3 is 19.9 Å². The number of hydrogen-bond donors (Lipinski definition) is 2. The molecule has 0 atom stereocenters. The first-order valence-electron chi connectivity index (χ1n) is 7.19. The van der Waals surface area contributed by atoms with Crippen molar-refractivity contribution in [3.63, 3.8) is 0 Å². The van der Waals surface area contributed by atoms with E-state index in [9.17, 15) is 19.5 Å². The number of carbonyl (C=O) groups is 3. The molecule has 0 bridgehead atoms. The van der Waals surface area contributed by atoms with E-state index in [1.807, 2.05) is 0 Å². The van der Waals surface area contributed by atoms with Crippen molar-refractivity contribution in [3.8, 4) is 11.5 Å². The Bertz CT molecular complexity index is 879. The first-order chi connectivity index (χ1) is 11.9. The van der Waals surface area contributed by atoms with Crippen LogP contribution in [0.15, 0.2) is 36.4 Å². The molecule has 3 rings (SSSR count). The maximum atomic E-state index is 12.2. The summed E-state index contributed by atoms with van der Waals surface area (Å²) in [5.41, 5.74) is 0.532. The van der Waals surface area contributed by atoms with Gasteiger partial charge in [0.15, 0.2) is 19.0 Å². The van der Waals surface area contributed by atoms with Gasteiger partial charge in [-0.25, -0.2) is 4.79 Å². The minimum absolute atomic E-state index is 0.0809. The Morgan fingerprint density at radius 1 is 1.24 bits per heavy atom. The molecule has 1 aliphatic heterocycles. The number of amides is 1. The number of Topliss-reactive ketones (excluding diaryl/α,β-unsaturated/α-hetero) is 1. The van der Waals surface area contributed by atoms with E-state index in [0.717, 1.165) is 0 Å². The summed E-state index contributed by atoms with van der Waals surface area (Å²) < 4.78 is 10.1. The number of phenols is 1. The second-order valence-corrected chi connectivity index (χ2v) is 5.65. The normalized spacial score (nSPS) is 12.6. The molecule has 8 heteroatoms. The number of phenolic OH excluding ortho intramolecular Hbond substituents is 1. The van der Waals surface area contributed by atoms with Gasteiger partial charge in [-0.3, -0.25) is 9.59 Å². The number of hydrogen-bond acceptors (Lipinski definition) is 6. The predicted octanol–water partition coefficient (Wildman–Crippen LogP) is 2.42. The quantitative estimate of drug-likeness (QED) is 0.640. The molecule has 0 unspecified atom stereocenters. The monoisotopic (exact) mass is 361 g/mol. The number of esters is 1. The highest BCUT2D eigenvalue weighted by atomic mass is 35.5.